The van der Waals surface area contributed by atoms with Crippen LogP contribution in [0.15, 0.2) is 0 Å². The quantitative estimate of drug-likeness (QED) is 0.520. The highest BCUT2D eigenvalue weighted by Crippen LogP contribution is 2.69. The number of aliphatic hydroxyl groups excluding tert-OH is 3. The monoisotopic (exact) mass is 436 g/mol. The fourth-order valence-corrected chi connectivity index (χ4v) is 9.44. The summed E-state index contributed by atoms with van der Waals surface area (Å²) >= 11 is 0. The summed E-state index contributed by atoms with van der Waals surface area (Å²) in [5.41, 5.74) is -0.186. The lowest BCUT2D eigenvalue weighted by atomic mass is 9.41. The van der Waals surface area contributed by atoms with Crippen LogP contribution in [0.3, 0.4) is 0 Å². The number of hydrogen-bond donors (Lipinski definition) is 4. The number of carboxylic acid groups (broad SMARTS) is 1. The Hall–Kier alpha value is -0.650. The number of aliphatic carboxylic acids is 1. The third kappa shape index (κ3) is 3.49. The van der Waals surface area contributed by atoms with E-state index in [0.717, 1.165) is 44.9 Å². The Balaban J connectivity index is 1.66. The number of rotatable bonds is 5. The zero-order valence-electron chi connectivity index (χ0n) is 19.8. The third-order valence-corrected chi connectivity index (χ3v) is 11.1. The summed E-state index contributed by atoms with van der Waals surface area (Å²) in [7, 11) is 0. The first-order chi connectivity index (χ1) is 14.6. The van der Waals surface area contributed by atoms with Gasteiger partial charge in [0.25, 0.3) is 0 Å². The van der Waals surface area contributed by atoms with Crippen molar-refractivity contribution in [1.29, 1.82) is 0 Å². The number of fused-ring (bicyclic) bond motifs is 5. The first-order valence-electron chi connectivity index (χ1n) is 12.8. The van der Waals surface area contributed by atoms with Crippen LogP contribution in [0.2, 0.25) is 0 Å². The van der Waals surface area contributed by atoms with Crippen LogP contribution in [-0.2, 0) is 4.79 Å². The third-order valence-electron chi connectivity index (χ3n) is 11.1. The zero-order valence-corrected chi connectivity index (χ0v) is 19.8. The maximum atomic E-state index is 11.7. The molecule has 0 amide bonds. The van der Waals surface area contributed by atoms with Crippen molar-refractivity contribution in [2.75, 3.05) is 0 Å². The van der Waals surface area contributed by atoms with Crippen LogP contribution in [-0.4, -0.2) is 44.7 Å². The van der Waals surface area contributed by atoms with Crippen molar-refractivity contribution in [3.05, 3.63) is 0 Å². The lowest BCUT2D eigenvalue weighted by molar-refractivity contribution is -0.228. The van der Waals surface area contributed by atoms with Crippen LogP contribution in [0.1, 0.15) is 85.5 Å². The Bertz CT molecular complexity index is 681. The van der Waals surface area contributed by atoms with E-state index in [9.17, 15) is 20.1 Å². The summed E-state index contributed by atoms with van der Waals surface area (Å²) in [5, 5.41) is 42.9. The largest absolute Gasteiger partial charge is 0.481 e. The van der Waals surface area contributed by atoms with Gasteiger partial charge in [0, 0.05) is 6.42 Å². The Morgan fingerprint density at radius 1 is 1.03 bits per heavy atom. The van der Waals surface area contributed by atoms with E-state index in [1.165, 1.54) is 0 Å². The Labute approximate surface area is 187 Å². The molecule has 178 valence electrons. The second-order valence-electron chi connectivity index (χ2n) is 12.1. The molecule has 4 N–H and O–H groups in total. The van der Waals surface area contributed by atoms with Crippen LogP contribution >= 0.6 is 0 Å². The van der Waals surface area contributed by atoms with Gasteiger partial charge < -0.3 is 20.4 Å². The topological polar surface area (TPSA) is 98.0 Å². The van der Waals surface area contributed by atoms with Crippen molar-refractivity contribution >= 4 is 5.97 Å². The molecule has 4 saturated carbocycles. The molecule has 0 aromatic rings. The van der Waals surface area contributed by atoms with Crippen LogP contribution in [0.25, 0.3) is 0 Å². The van der Waals surface area contributed by atoms with Crippen LogP contribution in [0, 0.1) is 52.3 Å². The smallest absolute Gasteiger partial charge is 0.303 e. The molecular weight excluding hydrogens is 392 g/mol. The van der Waals surface area contributed by atoms with Crippen molar-refractivity contribution < 1.29 is 25.2 Å². The molecule has 0 aromatic carbocycles. The predicted molar refractivity (Wildman–Crippen MR) is 119 cm³/mol. The predicted octanol–water partition coefficient (Wildman–Crippen LogP) is 4.08. The summed E-state index contributed by atoms with van der Waals surface area (Å²) in [4.78, 5) is 11.1. The Morgan fingerprint density at radius 2 is 1.74 bits per heavy atom. The van der Waals surface area contributed by atoms with Gasteiger partial charge in [0.1, 0.15) is 0 Å². The molecule has 0 saturated heterocycles. The highest BCUT2D eigenvalue weighted by Gasteiger charge is 2.67. The summed E-state index contributed by atoms with van der Waals surface area (Å²) < 4.78 is 0. The average molecular weight is 437 g/mol. The van der Waals surface area contributed by atoms with Gasteiger partial charge in [-0.25, -0.2) is 0 Å². The second-order valence-corrected chi connectivity index (χ2v) is 12.1. The molecule has 4 aliphatic carbocycles. The van der Waals surface area contributed by atoms with Gasteiger partial charge in [-0.1, -0.05) is 34.1 Å². The van der Waals surface area contributed by atoms with E-state index in [-0.39, 0.29) is 53.1 Å². The average Bonchev–Trinajstić information content (AvgIpc) is 3.07. The molecule has 4 fully saturated rings. The first-order valence-corrected chi connectivity index (χ1v) is 12.8. The van der Waals surface area contributed by atoms with Gasteiger partial charge in [0.15, 0.2) is 0 Å². The molecule has 5 nitrogen and oxygen atoms in total. The van der Waals surface area contributed by atoms with Crippen LogP contribution in [0.4, 0.5) is 0 Å². The van der Waals surface area contributed by atoms with Crippen molar-refractivity contribution in [2.45, 2.75) is 104 Å². The molecular formula is C26H44O5. The molecule has 5 heteroatoms. The molecule has 12 atom stereocenters. The van der Waals surface area contributed by atoms with E-state index in [1.807, 2.05) is 0 Å². The SMILES string of the molecule is CC[C@H]1[C@@H](O)C2C(C[C@H](O)[C@@]3(C)C2CC[C@@H]3[C@H](C)CCC(=O)O)C2(C)CC[C@@H](O)C[C@@H]12. The van der Waals surface area contributed by atoms with Crippen molar-refractivity contribution in [1.82, 2.24) is 0 Å². The van der Waals surface area contributed by atoms with Gasteiger partial charge in [0.2, 0.25) is 0 Å². The van der Waals surface area contributed by atoms with Gasteiger partial charge >= 0.3 is 5.97 Å². The molecule has 0 heterocycles. The minimum atomic E-state index is -0.747. The van der Waals surface area contributed by atoms with Gasteiger partial charge in [-0.2, -0.15) is 0 Å². The van der Waals surface area contributed by atoms with E-state index in [1.54, 1.807) is 0 Å². The fraction of sp³-hybridized carbons (Fsp3) is 0.962. The normalized spacial score (nSPS) is 52.7. The summed E-state index contributed by atoms with van der Waals surface area (Å²) in [5.74, 6) is 1.13. The lowest BCUT2D eigenvalue weighted by Gasteiger charge is -2.65. The van der Waals surface area contributed by atoms with Crippen molar-refractivity contribution in [3.63, 3.8) is 0 Å². The number of hydrogen-bond acceptors (Lipinski definition) is 4. The van der Waals surface area contributed by atoms with E-state index in [0.29, 0.717) is 24.2 Å². The van der Waals surface area contributed by atoms with Crippen molar-refractivity contribution in [3.8, 4) is 0 Å². The molecule has 0 bridgehead atoms. The molecule has 0 spiro atoms. The Morgan fingerprint density at radius 3 is 2.39 bits per heavy atom. The highest BCUT2D eigenvalue weighted by atomic mass is 16.4. The number of aliphatic hydroxyl groups is 3. The van der Waals surface area contributed by atoms with E-state index >= 15 is 0 Å². The van der Waals surface area contributed by atoms with Gasteiger partial charge in [-0.05, 0) is 97.2 Å². The van der Waals surface area contributed by atoms with Gasteiger partial charge in [-0.15, -0.1) is 0 Å². The molecule has 4 rings (SSSR count). The summed E-state index contributed by atoms with van der Waals surface area (Å²) in [6, 6.07) is 0. The second kappa shape index (κ2) is 8.29. The lowest BCUT2D eigenvalue weighted by Crippen LogP contribution is -2.65. The molecule has 0 radical (unpaired) electrons. The van der Waals surface area contributed by atoms with Crippen molar-refractivity contribution in [2.24, 2.45) is 52.3 Å². The molecule has 4 aliphatic rings. The van der Waals surface area contributed by atoms with E-state index in [2.05, 4.69) is 27.7 Å². The molecule has 4 unspecified atom stereocenters. The number of carbonyl (C=O) groups is 1. The van der Waals surface area contributed by atoms with Gasteiger partial charge in [0.05, 0.1) is 18.3 Å². The Kier molecular flexibility index (Phi) is 6.28. The first kappa shape index (κ1) is 23.5. The van der Waals surface area contributed by atoms with E-state index in [4.69, 9.17) is 5.11 Å². The maximum Gasteiger partial charge on any atom is 0.303 e. The standard InChI is InChI=1S/C26H44O5/c1-5-16-19-12-15(27)10-11-25(19,3)20-13-21(28)26(4)17(14(2)6-9-22(29)30)7-8-18(26)23(20)24(16)31/h14-21,23-24,27-28,31H,5-13H2,1-4H3,(H,29,30)/t14-,15-,16-,17-,18?,19+,20?,21+,23?,24-,25?,26-/m1/s1. The maximum absolute atomic E-state index is 11.7. The van der Waals surface area contributed by atoms with Crippen LogP contribution in [0.5, 0.6) is 0 Å². The molecule has 0 aromatic heterocycles. The minimum absolute atomic E-state index is 0.0686. The highest BCUT2D eigenvalue weighted by molar-refractivity contribution is 5.66. The van der Waals surface area contributed by atoms with Crippen LogP contribution < -0.4 is 0 Å². The molecule has 0 aliphatic heterocycles. The zero-order chi connectivity index (χ0) is 22.7. The van der Waals surface area contributed by atoms with E-state index < -0.39 is 12.1 Å². The summed E-state index contributed by atoms with van der Waals surface area (Å²) in [6.07, 6.45) is 6.09. The minimum Gasteiger partial charge on any atom is -0.481 e. The number of carboxylic acids is 1. The summed E-state index contributed by atoms with van der Waals surface area (Å²) in [6.45, 7) is 8.96. The fourth-order valence-electron chi connectivity index (χ4n) is 9.44. The van der Waals surface area contributed by atoms with Gasteiger partial charge in [-0.3, -0.25) is 4.79 Å². The molecule has 31 heavy (non-hydrogen) atoms.